The number of benzene rings is 1. The summed E-state index contributed by atoms with van der Waals surface area (Å²) in [7, 11) is 1.93. The molecule has 0 spiro atoms. The number of aryl methyl sites for hydroxylation is 1. The summed E-state index contributed by atoms with van der Waals surface area (Å²) >= 11 is 0. The number of fused-ring (bicyclic) bond motifs is 1. The molecule has 2 nitrogen and oxygen atoms in total. The lowest BCUT2D eigenvalue weighted by atomic mass is 9.96. The summed E-state index contributed by atoms with van der Waals surface area (Å²) in [6, 6.07) is 6.40. The molecule has 70 valence electrons. The SMILES string of the molecule is CNC1OCCc2c(C)cccc21. The van der Waals surface area contributed by atoms with Crippen molar-refractivity contribution in [1.82, 2.24) is 5.32 Å². The molecule has 0 radical (unpaired) electrons. The Morgan fingerprint density at radius 1 is 1.46 bits per heavy atom. The molecular weight excluding hydrogens is 162 g/mol. The number of ether oxygens (including phenoxy) is 1. The minimum atomic E-state index is 0.0867. The van der Waals surface area contributed by atoms with Crippen molar-refractivity contribution in [2.24, 2.45) is 0 Å². The Morgan fingerprint density at radius 3 is 3.08 bits per heavy atom. The molecule has 1 atom stereocenters. The van der Waals surface area contributed by atoms with Crippen LogP contribution >= 0.6 is 0 Å². The van der Waals surface area contributed by atoms with E-state index in [-0.39, 0.29) is 6.23 Å². The van der Waals surface area contributed by atoms with Crippen molar-refractivity contribution >= 4 is 0 Å². The quantitative estimate of drug-likeness (QED) is 0.706. The normalized spacial score (nSPS) is 21.2. The molecule has 0 fully saturated rings. The summed E-state index contributed by atoms with van der Waals surface area (Å²) < 4.78 is 5.60. The van der Waals surface area contributed by atoms with E-state index in [1.165, 1.54) is 16.7 Å². The van der Waals surface area contributed by atoms with E-state index in [2.05, 4.69) is 30.4 Å². The monoisotopic (exact) mass is 177 g/mol. The molecule has 1 aliphatic heterocycles. The van der Waals surface area contributed by atoms with Gasteiger partial charge in [-0.2, -0.15) is 0 Å². The third-order valence-corrected chi connectivity index (χ3v) is 2.63. The molecule has 0 saturated carbocycles. The van der Waals surface area contributed by atoms with Crippen LogP contribution in [0, 0.1) is 6.92 Å². The topological polar surface area (TPSA) is 21.3 Å². The van der Waals surface area contributed by atoms with Crippen molar-refractivity contribution in [3.63, 3.8) is 0 Å². The van der Waals surface area contributed by atoms with Crippen LogP contribution in [0.5, 0.6) is 0 Å². The summed E-state index contributed by atoms with van der Waals surface area (Å²) in [5.41, 5.74) is 4.13. The smallest absolute Gasteiger partial charge is 0.134 e. The van der Waals surface area contributed by atoms with Crippen LogP contribution < -0.4 is 5.32 Å². The van der Waals surface area contributed by atoms with Gasteiger partial charge in [0.15, 0.2) is 0 Å². The first kappa shape index (κ1) is 8.73. The van der Waals surface area contributed by atoms with Crippen molar-refractivity contribution < 1.29 is 4.74 Å². The zero-order chi connectivity index (χ0) is 9.26. The third kappa shape index (κ3) is 1.47. The summed E-state index contributed by atoms with van der Waals surface area (Å²) in [4.78, 5) is 0. The lowest BCUT2D eigenvalue weighted by molar-refractivity contribution is 0.0238. The maximum atomic E-state index is 5.60. The van der Waals surface area contributed by atoms with Gasteiger partial charge in [0.25, 0.3) is 0 Å². The highest BCUT2D eigenvalue weighted by Gasteiger charge is 2.19. The zero-order valence-corrected chi connectivity index (χ0v) is 8.13. The first-order valence-electron chi connectivity index (χ1n) is 4.70. The molecule has 1 aromatic rings. The molecule has 0 saturated heterocycles. The van der Waals surface area contributed by atoms with E-state index in [0.29, 0.717) is 0 Å². The molecule has 1 N–H and O–H groups in total. The van der Waals surface area contributed by atoms with Crippen LogP contribution in [0.3, 0.4) is 0 Å². The molecule has 1 aliphatic rings. The predicted molar refractivity (Wildman–Crippen MR) is 52.6 cm³/mol. The summed E-state index contributed by atoms with van der Waals surface area (Å²) in [6.45, 7) is 2.99. The number of rotatable bonds is 1. The van der Waals surface area contributed by atoms with Crippen molar-refractivity contribution in [3.05, 3.63) is 34.9 Å². The van der Waals surface area contributed by atoms with Crippen molar-refractivity contribution in [2.45, 2.75) is 19.6 Å². The lowest BCUT2D eigenvalue weighted by Crippen LogP contribution is -2.26. The van der Waals surface area contributed by atoms with Gasteiger partial charge in [-0.25, -0.2) is 0 Å². The predicted octanol–water partition coefficient (Wildman–Crippen LogP) is 1.79. The number of hydrogen-bond donors (Lipinski definition) is 1. The van der Waals surface area contributed by atoms with Crippen molar-refractivity contribution in [3.8, 4) is 0 Å². The highest BCUT2D eigenvalue weighted by Crippen LogP contribution is 2.26. The Kier molecular flexibility index (Phi) is 2.34. The molecule has 2 heteroatoms. The highest BCUT2D eigenvalue weighted by atomic mass is 16.5. The van der Waals surface area contributed by atoms with Crippen LogP contribution in [-0.2, 0) is 11.2 Å². The van der Waals surface area contributed by atoms with E-state index in [0.717, 1.165) is 13.0 Å². The van der Waals surface area contributed by atoms with Gasteiger partial charge in [0.2, 0.25) is 0 Å². The van der Waals surface area contributed by atoms with E-state index < -0.39 is 0 Å². The first-order chi connectivity index (χ1) is 6.33. The molecule has 2 rings (SSSR count). The molecule has 0 aromatic heterocycles. The average Bonchev–Trinajstić information content (AvgIpc) is 2.18. The Bertz CT molecular complexity index is 309. The van der Waals surface area contributed by atoms with E-state index in [1.54, 1.807) is 0 Å². The third-order valence-electron chi connectivity index (χ3n) is 2.63. The zero-order valence-electron chi connectivity index (χ0n) is 8.13. The van der Waals surface area contributed by atoms with Crippen LogP contribution in [0.2, 0.25) is 0 Å². The molecular formula is C11H15NO. The van der Waals surface area contributed by atoms with Gasteiger partial charge in [-0.15, -0.1) is 0 Å². The fourth-order valence-electron chi connectivity index (χ4n) is 1.92. The van der Waals surface area contributed by atoms with Crippen LogP contribution in [0.25, 0.3) is 0 Å². The maximum absolute atomic E-state index is 5.60. The Hall–Kier alpha value is -0.860. The minimum Gasteiger partial charge on any atom is -0.359 e. The average molecular weight is 177 g/mol. The fourth-order valence-corrected chi connectivity index (χ4v) is 1.92. The molecule has 1 heterocycles. The first-order valence-corrected chi connectivity index (χ1v) is 4.70. The standard InChI is InChI=1S/C11H15NO/c1-8-4-3-5-10-9(8)6-7-13-11(10)12-2/h3-5,11-12H,6-7H2,1-2H3. The van der Waals surface area contributed by atoms with Crippen LogP contribution in [0.15, 0.2) is 18.2 Å². The Labute approximate surface area is 78.9 Å². The van der Waals surface area contributed by atoms with Gasteiger partial charge in [0.1, 0.15) is 6.23 Å². The minimum absolute atomic E-state index is 0.0867. The second-order valence-corrected chi connectivity index (χ2v) is 3.43. The van der Waals surface area contributed by atoms with E-state index in [1.807, 2.05) is 7.05 Å². The molecule has 1 aromatic carbocycles. The van der Waals surface area contributed by atoms with E-state index >= 15 is 0 Å². The van der Waals surface area contributed by atoms with E-state index in [4.69, 9.17) is 4.74 Å². The summed E-state index contributed by atoms with van der Waals surface area (Å²) in [5.74, 6) is 0. The maximum Gasteiger partial charge on any atom is 0.134 e. The molecule has 0 aliphatic carbocycles. The molecule has 13 heavy (non-hydrogen) atoms. The molecule has 0 bridgehead atoms. The lowest BCUT2D eigenvalue weighted by Gasteiger charge is -2.26. The number of nitrogens with one attached hydrogen (secondary N) is 1. The molecule has 1 unspecified atom stereocenters. The second-order valence-electron chi connectivity index (χ2n) is 3.43. The Balaban J connectivity index is 2.45. The summed E-state index contributed by atoms with van der Waals surface area (Å²) in [6.07, 6.45) is 1.13. The van der Waals surface area contributed by atoms with Crippen molar-refractivity contribution in [2.75, 3.05) is 13.7 Å². The van der Waals surface area contributed by atoms with Gasteiger partial charge in [0, 0.05) is 0 Å². The van der Waals surface area contributed by atoms with E-state index in [9.17, 15) is 0 Å². The molecule has 0 amide bonds. The second kappa shape index (κ2) is 3.48. The van der Waals surface area contributed by atoms with Gasteiger partial charge in [-0.3, -0.25) is 5.32 Å². The Morgan fingerprint density at radius 2 is 2.31 bits per heavy atom. The van der Waals surface area contributed by atoms with Crippen molar-refractivity contribution in [1.29, 1.82) is 0 Å². The largest absolute Gasteiger partial charge is 0.359 e. The van der Waals surface area contributed by atoms with Gasteiger partial charge in [-0.1, -0.05) is 18.2 Å². The van der Waals surface area contributed by atoms with Gasteiger partial charge >= 0.3 is 0 Å². The highest BCUT2D eigenvalue weighted by molar-refractivity contribution is 5.37. The van der Waals surface area contributed by atoms with Gasteiger partial charge in [-0.05, 0) is 37.1 Å². The number of hydrogen-bond acceptors (Lipinski definition) is 2. The summed E-state index contributed by atoms with van der Waals surface area (Å²) in [5, 5.41) is 3.17. The fraction of sp³-hybridized carbons (Fsp3) is 0.455. The van der Waals surface area contributed by atoms with Crippen LogP contribution in [0.1, 0.15) is 22.9 Å². The van der Waals surface area contributed by atoms with Crippen LogP contribution in [0.4, 0.5) is 0 Å². The van der Waals surface area contributed by atoms with Crippen LogP contribution in [-0.4, -0.2) is 13.7 Å². The van der Waals surface area contributed by atoms with Gasteiger partial charge in [0.05, 0.1) is 6.61 Å². The van der Waals surface area contributed by atoms with Gasteiger partial charge < -0.3 is 4.74 Å².